The van der Waals surface area contributed by atoms with E-state index in [0.717, 1.165) is 11.4 Å². The average Bonchev–Trinajstić information content (AvgIpc) is 2.47. The van der Waals surface area contributed by atoms with Gasteiger partial charge in [-0.15, -0.1) is 0 Å². The molecule has 1 aromatic carbocycles. The van der Waals surface area contributed by atoms with E-state index < -0.39 is 0 Å². The summed E-state index contributed by atoms with van der Waals surface area (Å²) in [6, 6.07) is 9.04. The first kappa shape index (κ1) is 12.9. The third-order valence-electron chi connectivity index (χ3n) is 2.44. The molecule has 6 nitrogen and oxygen atoms in total. The zero-order chi connectivity index (χ0) is 13.7. The number of hydrogen-bond acceptors (Lipinski definition) is 6. The number of aromatic nitrogens is 2. The molecule has 0 aliphatic heterocycles. The minimum absolute atomic E-state index is 0.404. The Morgan fingerprint density at radius 3 is 1.89 bits per heavy atom. The van der Waals surface area contributed by atoms with Crippen LogP contribution in [0.25, 0.3) is 0 Å². The zero-order valence-electron chi connectivity index (χ0n) is 11.0. The fraction of sp³-hybridized carbons (Fsp3) is 0.231. The summed E-state index contributed by atoms with van der Waals surface area (Å²) in [7, 11) is 4.70. The van der Waals surface area contributed by atoms with Gasteiger partial charge in [-0.05, 0) is 24.3 Å². The van der Waals surface area contributed by atoms with Crippen molar-refractivity contribution < 1.29 is 14.2 Å². The second-order valence-electron chi connectivity index (χ2n) is 3.63. The van der Waals surface area contributed by atoms with Gasteiger partial charge in [0.25, 0.3) is 0 Å². The average molecular weight is 261 g/mol. The minimum Gasteiger partial charge on any atom is -0.497 e. The van der Waals surface area contributed by atoms with Crippen molar-refractivity contribution in [2.24, 2.45) is 0 Å². The highest BCUT2D eigenvalue weighted by atomic mass is 16.5. The number of nitrogens with zero attached hydrogens (tertiary/aromatic N) is 2. The van der Waals surface area contributed by atoms with Crippen LogP contribution in [0.3, 0.4) is 0 Å². The molecule has 100 valence electrons. The largest absolute Gasteiger partial charge is 0.497 e. The number of anilines is 2. The molecule has 0 aliphatic carbocycles. The fourth-order valence-corrected chi connectivity index (χ4v) is 1.47. The Morgan fingerprint density at radius 2 is 1.42 bits per heavy atom. The van der Waals surface area contributed by atoms with E-state index in [1.54, 1.807) is 27.4 Å². The van der Waals surface area contributed by atoms with Crippen molar-refractivity contribution >= 4 is 11.6 Å². The minimum atomic E-state index is 0.404. The lowest BCUT2D eigenvalue weighted by Gasteiger charge is -2.08. The normalized spacial score (nSPS) is 9.84. The Bertz CT molecular complexity index is 521. The molecule has 0 spiro atoms. The first-order valence-corrected chi connectivity index (χ1v) is 5.63. The molecule has 0 saturated heterocycles. The monoisotopic (exact) mass is 261 g/mol. The molecule has 19 heavy (non-hydrogen) atoms. The summed E-state index contributed by atoms with van der Waals surface area (Å²) in [5.74, 6) is 2.06. The first-order chi connectivity index (χ1) is 9.25. The van der Waals surface area contributed by atoms with E-state index in [2.05, 4.69) is 15.3 Å². The molecule has 1 aromatic heterocycles. The topological polar surface area (TPSA) is 65.5 Å². The van der Waals surface area contributed by atoms with Gasteiger partial charge < -0.3 is 19.5 Å². The Hall–Kier alpha value is -2.50. The zero-order valence-corrected chi connectivity index (χ0v) is 11.0. The third kappa shape index (κ3) is 3.25. The number of hydrogen-bond donors (Lipinski definition) is 1. The van der Waals surface area contributed by atoms with E-state index in [9.17, 15) is 0 Å². The van der Waals surface area contributed by atoms with Gasteiger partial charge >= 0.3 is 0 Å². The number of benzene rings is 1. The molecule has 0 bridgehead atoms. The predicted molar refractivity (Wildman–Crippen MR) is 71.4 cm³/mol. The van der Waals surface area contributed by atoms with Gasteiger partial charge in [0, 0.05) is 5.69 Å². The van der Waals surface area contributed by atoms with Crippen LogP contribution < -0.4 is 19.5 Å². The van der Waals surface area contributed by atoms with E-state index in [-0.39, 0.29) is 0 Å². The van der Waals surface area contributed by atoms with Gasteiger partial charge in [0.1, 0.15) is 5.75 Å². The molecule has 1 heterocycles. The fourth-order valence-electron chi connectivity index (χ4n) is 1.47. The van der Waals surface area contributed by atoms with Crippen LogP contribution in [0.2, 0.25) is 0 Å². The molecule has 0 atom stereocenters. The van der Waals surface area contributed by atoms with E-state index in [4.69, 9.17) is 14.2 Å². The second kappa shape index (κ2) is 5.90. The van der Waals surface area contributed by atoms with Crippen molar-refractivity contribution in [1.29, 1.82) is 0 Å². The number of methoxy groups -OCH3 is 3. The number of rotatable bonds is 5. The lowest BCUT2D eigenvalue weighted by atomic mass is 10.3. The molecule has 2 aromatic rings. The highest BCUT2D eigenvalue weighted by molar-refractivity contribution is 5.55. The maximum absolute atomic E-state index is 5.09. The van der Waals surface area contributed by atoms with Gasteiger partial charge in [-0.25, -0.2) is 0 Å². The summed E-state index contributed by atoms with van der Waals surface area (Å²) in [5, 5.41) is 3.07. The van der Waals surface area contributed by atoms with Crippen LogP contribution in [0.1, 0.15) is 0 Å². The first-order valence-electron chi connectivity index (χ1n) is 5.63. The third-order valence-corrected chi connectivity index (χ3v) is 2.44. The highest BCUT2D eigenvalue weighted by Crippen LogP contribution is 2.21. The van der Waals surface area contributed by atoms with Crippen LogP contribution in [0.5, 0.6) is 17.5 Å². The maximum Gasteiger partial charge on any atom is 0.233 e. The van der Waals surface area contributed by atoms with Crippen molar-refractivity contribution in [1.82, 2.24) is 9.97 Å². The molecule has 0 saturated carbocycles. The van der Waals surface area contributed by atoms with E-state index in [1.165, 1.54) is 0 Å². The van der Waals surface area contributed by atoms with Crippen LogP contribution in [0.4, 0.5) is 11.6 Å². The van der Waals surface area contributed by atoms with Crippen LogP contribution >= 0.6 is 0 Å². The Labute approximate surface area is 111 Å². The number of nitrogens with one attached hydrogen (secondary N) is 1. The Kier molecular flexibility index (Phi) is 4.02. The Balaban J connectivity index is 2.21. The molecule has 0 fully saturated rings. The van der Waals surface area contributed by atoms with Gasteiger partial charge in [0.15, 0.2) is 0 Å². The standard InChI is InChI=1S/C13H15N3O3/c1-17-10-6-4-9(5-7-10)14-13-15-11(18-2)8-12(16-13)19-3/h4-8H,1-3H3,(H,14,15,16). The molecular formula is C13H15N3O3. The molecule has 0 amide bonds. The molecule has 0 radical (unpaired) electrons. The summed E-state index contributed by atoms with van der Waals surface area (Å²) in [6.07, 6.45) is 0. The lowest BCUT2D eigenvalue weighted by molar-refractivity contribution is 0.373. The Morgan fingerprint density at radius 1 is 0.842 bits per heavy atom. The van der Waals surface area contributed by atoms with Crippen LogP contribution in [0.15, 0.2) is 30.3 Å². The summed E-state index contributed by atoms with van der Waals surface area (Å²) in [6.45, 7) is 0. The summed E-state index contributed by atoms with van der Waals surface area (Å²) >= 11 is 0. The van der Waals surface area contributed by atoms with E-state index in [1.807, 2.05) is 24.3 Å². The molecule has 6 heteroatoms. The van der Waals surface area contributed by atoms with Crippen molar-refractivity contribution in [2.75, 3.05) is 26.6 Å². The molecule has 2 rings (SSSR count). The van der Waals surface area contributed by atoms with Crippen molar-refractivity contribution in [3.05, 3.63) is 30.3 Å². The molecular weight excluding hydrogens is 246 g/mol. The molecule has 0 aliphatic rings. The van der Waals surface area contributed by atoms with Crippen LogP contribution in [-0.4, -0.2) is 31.3 Å². The summed E-state index contributed by atoms with van der Waals surface area (Å²) < 4.78 is 15.3. The highest BCUT2D eigenvalue weighted by Gasteiger charge is 2.05. The molecule has 1 N–H and O–H groups in total. The summed E-state index contributed by atoms with van der Waals surface area (Å²) in [4.78, 5) is 8.36. The molecule has 0 unspecified atom stereocenters. The maximum atomic E-state index is 5.09. The van der Waals surface area contributed by atoms with Crippen molar-refractivity contribution in [2.45, 2.75) is 0 Å². The van der Waals surface area contributed by atoms with Crippen molar-refractivity contribution in [3.8, 4) is 17.5 Å². The van der Waals surface area contributed by atoms with Gasteiger partial charge in [-0.3, -0.25) is 0 Å². The van der Waals surface area contributed by atoms with Gasteiger partial charge in [0.05, 0.1) is 27.4 Å². The van der Waals surface area contributed by atoms with Gasteiger partial charge in [-0.2, -0.15) is 9.97 Å². The van der Waals surface area contributed by atoms with Crippen LogP contribution in [0, 0.1) is 0 Å². The van der Waals surface area contributed by atoms with E-state index >= 15 is 0 Å². The van der Waals surface area contributed by atoms with Crippen molar-refractivity contribution in [3.63, 3.8) is 0 Å². The lowest BCUT2D eigenvalue weighted by Crippen LogP contribution is -2.01. The van der Waals surface area contributed by atoms with E-state index in [0.29, 0.717) is 17.7 Å². The smallest absolute Gasteiger partial charge is 0.233 e. The predicted octanol–water partition coefficient (Wildman–Crippen LogP) is 2.25. The van der Waals surface area contributed by atoms with Gasteiger partial charge in [-0.1, -0.05) is 0 Å². The van der Waals surface area contributed by atoms with Gasteiger partial charge in [0.2, 0.25) is 17.7 Å². The number of ether oxygens (including phenoxy) is 3. The summed E-state index contributed by atoms with van der Waals surface area (Å²) in [5.41, 5.74) is 0.844. The van der Waals surface area contributed by atoms with Crippen LogP contribution in [-0.2, 0) is 0 Å². The second-order valence-corrected chi connectivity index (χ2v) is 3.63. The quantitative estimate of drug-likeness (QED) is 0.890. The SMILES string of the molecule is COc1ccc(Nc2nc(OC)cc(OC)n2)cc1.